The summed E-state index contributed by atoms with van der Waals surface area (Å²) >= 11 is 0. The zero-order valence-corrected chi connectivity index (χ0v) is 16.1. The summed E-state index contributed by atoms with van der Waals surface area (Å²) in [6.45, 7) is 2.87. The van der Waals surface area contributed by atoms with E-state index < -0.39 is 0 Å². The van der Waals surface area contributed by atoms with Crippen LogP contribution in [0.2, 0.25) is 0 Å². The Morgan fingerprint density at radius 3 is 2.41 bits per heavy atom. The molecule has 0 spiro atoms. The Morgan fingerprint density at radius 2 is 1.66 bits per heavy atom. The van der Waals surface area contributed by atoms with Gasteiger partial charge in [0.1, 0.15) is 11.6 Å². The van der Waals surface area contributed by atoms with Crippen LogP contribution in [0.4, 0.5) is 15.9 Å². The number of piperazine rings is 1. The van der Waals surface area contributed by atoms with E-state index in [1.807, 2.05) is 42.5 Å². The Bertz CT molecular complexity index is 1060. The number of halogens is 1. The number of para-hydroxylation sites is 2. The van der Waals surface area contributed by atoms with Crippen molar-refractivity contribution in [2.75, 3.05) is 36.0 Å². The van der Waals surface area contributed by atoms with E-state index in [0.29, 0.717) is 30.4 Å². The second kappa shape index (κ2) is 7.35. The number of benzene rings is 2. The molecule has 2 fully saturated rings. The van der Waals surface area contributed by atoms with E-state index in [9.17, 15) is 9.18 Å². The third-order valence-corrected chi connectivity index (χ3v) is 5.66. The largest absolute Gasteiger partial charge is 0.366 e. The molecule has 0 unspecified atom stereocenters. The number of pyridine rings is 1. The molecule has 1 aliphatic heterocycles. The maximum absolute atomic E-state index is 14.1. The maximum Gasteiger partial charge on any atom is 0.252 e. The quantitative estimate of drug-likeness (QED) is 0.740. The predicted molar refractivity (Wildman–Crippen MR) is 113 cm³/mol. The number of hydrogen-bond donors (Lipinski definition) is 1. The van der Waals surface area contributed by atoms with Crippen molar-refractivity contribution < 1.29 is 9.18 Å². The first-order chi connectivity index (χ1) is 14.2. The van der Waals surface area contributed by atoms with Crippen molar-refractivity contribution in [2.45, 2.75) is 18.9 Å². The van der Waals surface area contributed by atoms with Crippen LogP contribution in [0.5, 0.6) is 0 Å². The number of aromatic nitrogens is 1. The van der Waals surface area contributed by atoms with Crippen LogP contribution < -0.4 is 15.1 Å². The summed E-state index contributed by atoms with van der Waals surface area (Å²) in [7, 11) is 0. The molecule has 3 aromatic rings. The number of nitrogens with one attached hydrogen (secondary N) is 1. The lowest BCUT2D eigenvalue weighted by Gasteiger charge is -2.37. The lowest BCUT2D eigenvalue weighted by Crippen LogP contribution is -2.47. The summed E-state index contributed by atoms with van der Waals surface area (Å²) in [5.41, 5.74) is 2.14. The molecule has 1 saturated carbocycles. The Morgan fingerprint density at radius 1 is 0.966 bits per heavy atom. The molecular weight excluding hydrogens is 367 g/mol. The van der Waals surface area contributed by atoms with Crippen LogP contribution in [-0.2, 0) is 0 Å². The first-order valence-corrected chi connectivity index (χ1v) is 10.1. The van der Waals surface area contributed by atoms with E-state index in [4.69, 9.17) is 4.98 Å². The molecule has 6 heteroatoms. The molecule has 5 rings (SSSR count). The molecule has 1 N–H and O–H groups in total. The minimum absolute atomic E-state index is 0.0302. The normalized spacial score (nSPS) is 16.9. The average molecular weight is 390 g/mol. The van der Waals surface area contributed by atoms with Crippen molar-refractivity contribution in [1.82, 2.24) is 10.3 Å². The zero-order valence-electron chi connectivity index (χ0n) is 16.1. The predicted octanol–water partition coefficient (Wildman–Crippen LogP) is 3.59. The third-order valence-electron chi connectivity index (χ3n) is 5.66. The van der Waals surface area contributed by atoms with Gasteiger partial charge in [-0.3, -0.25) is 4.79 Å². The Balaban J connectivity index is 1.40. The van der Waals surface area contributed by atoms with Crippen molar-refractivity contribution in [2.24, 2.45) is 0 Å². The van der Waals surface area contributed by atoms with Crippen molar-refractivity contribution >= 4 is 28.3 Å². The minimum atomic E-state index is -0.191. The lowest BCUT2D eigenvalue weighted by atomic mass is 10.1. The van der Waals surface area contributed by atoms with E-state index in [0.717, 1.165) is 42.7 Å². The van der Waals surface area contributed by atoms with E-state index >= 15 is 0 Å². The van der Waals surface area contributed by atoms with Crippen LogP contribution in [0.15, 0.2) is 54.6 Å². The van der Waals surface area contributed by atoms with Gasteiger partial charge in [-0.25, -0.2) is 9.37 Å². The molecule has 0 bridgehead atoms. The number of nitrogens with zero attached hydrogens (tertiary/aromatic N) is 3. The first-order valence-electron chi connectivity index (χ1n) is 10.1. The van der Waals surface area contributed by atoms with Gasteiger partial charge in [0, 0.05) is 37.6 Å². The molecule has 1 amide bonds. The van der Waals surface area contributed by atoms with Crippen LogP contribution in [0, 0.1) is 5.82 Å². The van der Waals surface area contributed by atoms with Crippen LogP contribution in [-0.4, -0.2) is 43.1 Å². The van der Waals surface area contributed by atoms with Gasteiger partial charge in [-0.15, -0.1) is 0 Å². The van der Waals surface area contributed by atoms with E-state index in [2.05, 4.69) is 15.1 Å². The molecule has 2 aromatic carbocycles. The minimum Gasteiger partial charge on any atom is -0.366 e. The van der Waals surface area contributed by atoms with Gasteiger partial charge in [-0.1, -0.05) is 30.3 Å². The van der Waals surface area contributed by atoms with Crippen molar-refractivity contribution in [3.05, 3.63) is 66.0 Å². The van der Waals surface area contributed by atoms with E-state index in [1.54, 1.807) is 6.07 Å². The Kier molecular flexibility index (Phi) is 4.54. The molecule has 0 atom stereocenters. The fourth-order valence-corrected chi connectivity index (χ4v) is 3.89. The number of anilines is 2. The molecule has 1 saturated heterocycles. The summed E-state index contributed by atoms with van der Waals surface area (Å²) in [6, 6.07) is 16.9. The second-order valence-corrected chi connectivity index (χ2v) is 7.72. The third kappa shape index (κ3) is 3.62. The average Bonchev–Trinajstić information content (AvgIpc) is 3.57. The number of rotatable bonds is 4. The highest BCUT2D eigenvalue weighted by Crippen LogP contribution is 2.27. The number of amides is 1. The highest BCUT2D eigenvalue weighted by molar-refractivity contribution is 6.07. The SMILES string of the molecule is O=C(NC1CC1)c1cc(N2CCN(c3ccccc3F)CC2)nc2ccccc12. The Hall–Kier alpha value is -3.15. The lowest BCUT2D eigenvalue weighted by molar-refractivity contribution is 0.0952. The van der Waals surface area contributed by atoms with Crippen molar-refractivity contribution in [1.29, 1.82) is 0 Å². The molecule has 2 heterocycles. The smallest absolute Gasteiger partial charge is 0.252 e. The molecular formula is C23H23FN4O. The molecule has 2 aliphatic rings. The van der Waals surface area contributed by atoms with E-state index in [-0.39, 0.29) is 11.7 Å². The molecule has 0 radical (unpaired) electrons. The highest BCUT2D eigenvalue weighted by Gasteiger charge is 2.26. The molecule has 29 heavy (non-hydrogen) atoms. The summed E-state index contributed by atoms with van der Waals surface area (Å²) < 4.78 is 14.1. The summed E-state index contributed by atoms with van der Waals surface area (Å²) in [5, 5.41) is 3.97. The van der Waals surface area contributed by atoms with Crippen LogP contribution >= 0.6 is 0 Å². The highest BCUT2D eigenvalue weighted by atomic mass is 19.1. The van der Waals surface area contributed by atoms with Gasteiger partial charge in [0.25, 0.3) is 5.91 Å². The first kappa shape index (κ1) is 17.9. The summed E-state index contributed by atoms with van der Waals surface area (Å²) in [4.78, 5) is 21.9. The molecule has 5 nitrogen and oxygen atoms in total. The van der Waals surface area contributed by atoms with Gasteiger partial charge in [-0.2, -0.15) is 0 Å². The fourth-order valence-electron chi connectivity index (χ4n) is 3.89. The van der Waals surface area contributed by atoms with Crippen molar-refractivity contribution in [3.63, 3.8) is 0 Å². The Labute approximate surface area is 169 Å². The maximum atomic E-state index is 14.1. The molecule has 1 aromatic heterocycles. The number of fused-ring (bicyclic) bond motifs is 1. The van der Waals surface area contributed by atoms with Crippen LogP contribution in [0.1, 0.15) is 23.2 Å². The van der Waals surface area contributed by atoms with Crippen molar-refractivity contribution in [3.8, 4) is 0 Å². The van der Waals surface area contributed by atoms with Gasteiger partial charge in [0.05, 0.1) is 16.8 Å². The van der Waals surface area contributed by atoms with Crippen LogP contribution in [0.3, 0.4) is 0 Å². The van der Waals surface area contributed by atoms with Gasteiger partial charge in [0.2, 0.25) is 0 Å². The van der Waals surface area contributed by atoms with Gasteiger partial charge in [-0.05, 0) is 37.1 Å². The molecule has 1 aliphatic carbocycles. The summed E-state index contributed by atoms with van der Waals surface area (Å²) in [6.07, 6.45) is 2.11. The standard InChI is InChI=1S/C23H23FN4O/c24-19-6-2-4-8-21(19)27-11-13-28(14-12-27)22-15-18(23(29)25-16-9-10-16)17-5-1-3-7-20(17)26-22/h1-8,15-16H,9-14H2,(H,25,29). The zero-order chi connectivity index (χ0) is 19.8. The molecule has 148 valence electrons. The van der Waals surface area contributed by atoms with Gasteiger partial charge in [0.15, 0.2) is 0 Å². The topological polar surface area (TPSA) is 48.5 Å². The fraction of sp³-hybridized carbons (Fsp3) is 0.304. The second-order valence-electron chi connectivity index (χ2n) is 7.72. The number of carbonyl (C=O) groups excluding carboxylic acids is 1. The number of hydrogen-bond acceptors (Lipinski definition) is 4. The monoisotopic (exact) mass is 390 g/mol. The van der Waals surface area contributed by atoms with Crippen LogP contribution in [0.25, 0.3) is 10.9 Å². The van der Waals surface area contributed by atoms with Gasteiger partial charge < -0.3 is 15.1 Å². The number of carbonyl (C=O) groups is 1. The van der Waals surface area contributed by atoms with Gasteiger partial charge >= 0.3 is 0 Å². The summed E-state index contributed by atoms with van der Waals surface area (Å²) in [5.74, 6) is 0.582. The van der Waals surface area contributed by atoms with E-state index in [1.165, 1.54) is 6.07 Å².